The summed E-state index contributed by atoms with van der Waals surface area (Å²) in [5.41, 5.74) is 19.7. The molecule has 0 radical (unpaired) electrons. The fraction of sp³-hybridized carbons (Fsp3) is 0. The van der Waals surface area contributed by atoms with Gasteiger partial charge in [0.25, 0.3) is 0 Å². The molecule has 0 saturated carbocycles. The van der Waals surface area contributed by atoms with E-state index in [2.05, 4.69) is 324 Å². The minimum atomic E-state index is 1.11. The van der Waals surface area contributed by atoms with Crippen LogP contribution in [0, 0.1) is 0 Å². The summed E-state index contributed by atoms with van der Waals surface area (Å²) in [6.07, 6.45) is 0. The third-order valence-electron chi connectivity index (χ3n) is 15.2. The van der Waals surface area contributed by atoms with Crippen molar-refractivity contribution in [2.24, 2.45) is 0 Å². The number of fused-ring (bicyclic) bond motifs is 7. The Kier molecular flexibility index (Phi) is 11.5. The first-order valence-corrected chi connectivity index (χ1v) is 26.4. The lowest BCUT2D eigenvalue weighted by Crippen LogP contribution is -2.09. The van der Waals surface area contributed by atoms with E-state index in [1.807, 2.05) is 0 Å². The molecule has 3 heteroatoms. The molecule has 14 rings (SSSR count). The number of aromatic nitrogens is 1. The zero-order chi connectivity index (χ0) is 51.1. The Balaban J connectivity index is 0.852. The molecule has 0 fully saturated rings. The molecule has 0 amide bonds. The summed E-state index contributed by atoms with van der Waals surface area (Å²) in [6, 6.07) is 112. The van der Waals surface area contributed by atoms with Crippen molar-refractivity contribution in [3.8, 4) is 50.2 Å². The van der Waals surface area contributed by atoms with Crippen molar-refractivity contribution >= 4 is 77.5 Å². The van der Waals surface area contributed by atoms with E-state index in [4.69, 9.17) is 0 Å². The lowest BCUT2D eigenvalue weighted by Gasteiger charge is -2.25. The molecule has 77 heavy (non-hydrogen) atoms. The van der Waals surface area contributed by atoms with Gasteiger partial charge in [-0.15, -0.1) is 0 Å². The Labute approximate surface area is 449 Å². The van der Waals surface area contributed by atoms with Crippen LogP contribution in [0.3, 0.4) is 0 Å². The van der Waals surface area contributed by atoms with Crippen LogP contribution in [0.25, 0.3) is 93.5 Å². The van der Waals surface area contributed by atoms with Gasteiger partial charge in [-0.2, -0.15) is 0 Å². The van der Waals surface area contributed by atoms with Crippen LogP contribution >= 0.6 is 0 Å². The number of benzene rings is 13. The van der Waals surface area contributed by atoms with E-state index in [9.17, 15) is 0 Å². The maximum atomic E-state index is 2.49. The Morgan fingerprint density at radius 3 is 0.779 bits per heavy atom. The predicted molar refractivity (Wildman–Crippen MR) is 327 cm³/mol. The molecule has 0 atom stereocenters. The molecule has 13 aromatic carbocycles. The molecule has 0 aliphatic carbocycles. The van der Waals surface area contributed by atoms with E-state index in [0.29, 0.717) is 0 Å². The molecule has 14 aromatic rings. The number of rotatable bonds is 11. The maximum absolute atomic E-state index is 2.49. The third-order valence-corrected chi connectivity index (χ3v) is 15.2. The van der Waals surface area contributed by atoms with Crippen molar-refractivity contribution < 1.29 is 0 Å². The van der Waals surface area contributed by atoms with Gasteiger partial charge in [-0.25, -0.2) is 0 Å². The van der Waals surface area contributed by atoms with E-state index in [0.717, 1.165) is 39.8 Å². The Hall–Kier alpha value is -10.2. The average Bonchev–Trinajstić information content (AvgIpc) is 3.99. The standard InChI is InChI=1S/C74H51N3/c1-6-20-58(21-7-1)75(59-22-8-2-9-23-59)63-46-42-54(43-47-63)52-34-38-56(39-35-52)69-50-71-73(67-32-18-16-30-65(67)69)74-68-33-19-17-31-66(68)70(51-72(74)77(71)62-28-14-5-15-29-62)57-40-36-53(37-41-57)55-44-48-64(49-45-55)76(60-24-10-3-11-25-60)61-26-12-4-13-27-61/h1-51H. The zero-order valence-corrected chi connectivity index (χ0v) is 42.3. The summed E-state index contributed by atoms with van der Waals surface area (Å²) in [7, 11) is 0. The fourth-order valence-corrected chi connectivity index (χ4v) is 11.6. The first-order valence-electron chi connectivity index (χ1n) is 26.4. The highest BCUT2D eigenvalue weighted by Crippen LogP contribution is 2.47. The van der Waals surface area contributed by atoms with Crippen LogP contribution in [-0.4, -0.2) is 4.57 Å². The summed E-state index contributed by atoms with van der Waals surface area (Å²) in [4.78, 5) is 4.61. The average molecular weight is 982 g/mol. The number of anilines is 6. The molecule has 1 heterocycles. The van der Waals surface area contributed by atoms with Gasteiger partial charge in [0, 0.05) is 50.6 Å². The molecular weight excluding hydrogens is 931 g/mol. The van der Waals surface area contributed by atoms with Crippen LogP contribution in [0.1, 0.15) is 0 Å². The largest absolute Gasteiger partial charge is 0.311 e. The van der Waals surface area contributed by atoms with Crippen LogP contribution in [0.4, 0.5) is 34.1 Å². The van der Waals surface area contributed by atoms with E-state index in [-0.39, 0.29) is 0 Å². The second-order valence-electron chi connectivity index (χ2n) is 19.7. The van der Waals surface area contributed by atoms with Gasteiger partial charge in [-0.3, -0.25) is 0 Å². The molecule has 0 unspecified atom stereocenters. The van der Waals surface area contributed by atoms with E-state index in [1.54, 1.807) is 0 Å². The van der Waals surface area contributed by atoms with Gasteiger partial charge in [0.15, 0.2) is 0 Å². The quantitative estimate of drug-likeness (QED) is 0.128. The summed E-state index contributed by atoms with van der Waals surface area (Å²) in [5, 5.41) is 7.47. The molecule has 0 N–H and O–H groups in total. The van der Waals surface area contributed by atoms with Gasteiger partial charge in [0.1, 0.15) is 0 Å². The number of nitrogens with zero attached hydrogens (tertiary/aromatic N) is 3. The minimum absolute atomic E-state index is 1.11. The number of hydrogen-bond donors (Lipinski definition) is 0. The van der Waals surface area contributed by atoms with Crippen molar-refractivity contribution in [1.82, 2.24) is 4.57 Å². The van der Waals surface area contributed by atoms with Gasteiger partial charge in [-0.05, 0) is 163 Å². The molecule has 0 spiro atoms. The van der Waals surface area contributed by atoms with Gasteiger partial charge >= 0.3 is 0 Å². The Morgan fingerprint density at radius 2 is 0.455 bits per heavy atom. The van der Waals surface area contributed by atoms with Crippen LogP contribution in [-0.2, 0) is 0 Å². The number of para-hydroxylation sites is 5. The topological polar surface area (TPSA) is 11.4 Å². The van der Waals surface area contributed by atoms with Crippen LogP contribution in [0.15, 0.2) is 309 Å². The van der Waals surface area contributed by atoms with Gasteiger partial charge in [-0.1, -0.05) is 212 Å². The SMILES string of the molecule is c1ccc(N(c2ccccc2)c2ccc(-c3ccc(-c4cc5c(c6ccccc46)c4c6ccccc6c(-c6ccc(-c7ccc(N(c8ccccc8)c8ccccc8)cc7)cc6)cc4n5-c4ccccc4)cc3)cc2)cc1. The first kappa shape index (κ1) is 45.4. The van der Waals surface area contributed by atoms with Gasteiger partial charge < -0.3 is 14.4 Å². The van der Waals surface area contributed by atoms with Crippen molar-refractivity contribution in [2.45, 2.75) is 0 Å². The van der Waals surface area contributed by atoms with E-state index >= 15 is 0 Å². The number of hydrogen-bond acceptors (Lipinski definition) is 2. The van der Waals surface area contributed by atoms with Gasteiger partial charge in [0.05, 0.1) is 11.0 Å². The summed E-state index contributed by atoms with van der Waals surface area (Å²) in [6.45, 7) is 0. The van der Waals surface area contributed by atoms with Crippen LogP contribution in [0.5, 0.6) is 0 Å². The molecule has 3 nitrogen and oxygen atoms in total. The van der Waals surface area contributed by atoms with Crippen molar-refractivity contribution in [1.29, 1.82) is 0 Å². The Bertz CT molecular complexity index is 4020. The molecule has 0 saturated heterocycles. The normalized spacial score (nSPS) is 11.4. The highest BCUT2D eigenvalue weighted by Gasteiger charge is 2.22. The summed E-state index contributed by atoms with van der Waals surface area (Å²) < 4.78 is 2.49. The molecule has 0 aliphatic rings. The fourth-order valence-electron chi connectivity index (χ4n) is 11.6. The second kappa shape index (κ2) is 19.6. The van der Waals surface area contributed by atoms with Crippen molar-refractivity contribution in [2.75, 3.05) is 9.80 Å². The maximum Gasteiger partial charge on any atom is 0.0553 e. The summed E-state index contributed by atoms with van der Waals surface area (Å²) in [5.74, 6) is 0. The monoisotopic (exact) mass is 981 g/mol. The molecular formula is C74H51N3. The Morgan fingerprint density at radius 1 is 0.208 bits per heavy atom. The highest BCUT2D eigenvalue weighted by atomic mass is 15.1. The third kappa shape index (κ3) is 8.28. The first-order chi connectivity index (χ1) is 38.2. The van der Waals surface area contributed by atoms with Crippen molar-refractivity contribution in [3.05, 3.63) is 309 Å². The predicted octanol–water partition coefficient (Wildman–Crippen LogP) is 20.7. The zero-order valence-electron chi connectivity index (χ0n) is 42.3. The summed E-state index contributed by atoms with van der Waals surface area (Å²) >= 11 is 0. The minimum Gasteiger partial charge on any atom is -0.311 e. The smallest absolute Gasteiger partial charge is 0.0553 e. The van der Waals surface area contributed by atoms with Crippen LogP contribution in [0.2, 0.25) is 0 Å². The van der Waals surface area contributed by atoms with Crippen molar-refractivity contribution in [3.63, 3.8) is 0 Å². The van der Waals surface area contributed by atoms with Crippen LogP contribution < -0.4 is 9.80 Å². The lowest BCUT2D eigenvalue weighted by molar-refractivity contribution is 1.18. The molecule has 362 valence electrons. The lowest BCUT2D eigenvalue weighted by atomic mass is 9.91. The van der Waals surface area contributed by atoms with E-state index in [1.165, 1.54) is 87.9 Å². The molecule has 0 aliphatic heterocycles. The molecule has 1 aromatic heterocycles. The highest BCUT2D eigenvalue weighted by molar-refractivity contribution is 6.31. The molecule has 0 bridgehead atoms. The second-order valence-corrected chi connectivity index (χ2v) is 19.7. The van der Waals surface area contributed by atoms with Gasteiger partial charge in [0.2, 0.25) is 0 Å². The van der Waals surface area contributed by atoms with E-state index < -0.39 is 0 Å².